The second kappa shape index (κ2) is 6.35. The van der Waals surface area contributed by atoms with Gasteiger partial charge in [-0.05, 0) is 32.0 Å². The molecule has 1 atom stereocenters. The van der Waals surface area contributed by atoms with Crippen LogP contribution in [0, 0.1) is 12.3 Å². The van der Waals surface area contributed by atoms with Crippen molar-refractivity contribution >= 4 is 0 Å². The molecular weight excluding hydrogens is 220 g/mol. The minimum Gasteiger partial charge on any atom is -0.312 e. The molecule has 0 aromatic heterocycles. The predicted octanol–water partition coefficient (Wildman–Crippen LogP) is 3.23. The van der Waals surface area contributed by atoms with Gasteiger partial charge in [-0.3, -0.25) is 0 Å². The summed E-state index contributed by atoms with van der Waals surface area (Å²) in [6.45, 7) is 11.1. The Kier molecular flexibility index (Phi) is 5.36. The van der Waals surface area contributed by atoms with E-state index in [1.54, 1.807) is 0 Å². The van der Waals surface area contributed by atoms with Crippen LogP contribution in [-0.2, 0) is 0 Å². The van der Waals surface area contributed by atoms with E-state index >= 15 is 0 Å². The first-order valence-corrected chi connectivity index (χ1v) is 6.74. The Balaban J connectivity index is 2.67. The van der Waals surface area contributed by atoms with Crippen LogP contribution in [-0.4, -0.2) is 32.1 Å². The quantitative estimate of drug-likeness (QED) is 0.860. The standard InChI is InChI=1S/C16H28N2/c1-13-8-7-9-14(10-13)15(17-5)11-18(6)12-16(2,3)4/h7-10,15,17H,11-12H2,1-6H3. The number of rotatable bonds is 5. The smallest absolute Gasteiger partial charge is 0.0446 e. The summed E-state index contributed by atoms with van der Waals surface area (Å²) < 4.78 is 0. The number of aryl methyl sites for hydroxylation is 1. The van der Waals surface area contributed by atoms with E-state index in [1.165, 1.54) is 11.1 Å². The zero-order valence-electron chi connectivity index (χ0n) is 12.7. The predicted molar refractivity (Wildman–Crippen MR) is 79.9 cm³/mol. The number of benzene rings is 1. The topological polar surface area (TPSA) is 15.3 Å². The van der Waals surface area contributed by atoms with E-state index in [0.29, 0.717) is 11.5 Å². The maximum atomic E-state index is 3.42. The molecule has 0 fully saturated rings. The van der Waals surface area contributed by atoms with Gasteiger partial charge in [0.05, 0.1) is 0 Å². The van der Waals surface area contributed by atoms with Gasteiger partial charge in [-0.25, -0.2) is 0 Å². The van der Waals surface area contributed by atoms with E-state index in [1.807, 2.05) is 7.05 Å². The molecule has 2 nitrogen and oxygen atoms in total. The molecule has 0 radical (unpaired) electrons. The molecule has 1 N–H and O–H groups in total. The molecule has 2 heteroatoms. The number of nitrogens with zero attached hydrogens (tertiary/aromatic N) is 1. The van der Waals surface area contributed by atoms with Crippen molar-refractivity contribution in [1.82, 2.24) is 10.2 Å². The first-order valence-electron chi connectivity index (χ1n) is 6.74. The second-order valence-corrected chi connectivity index (χ2v) is 6.51. The lowest BCUT2D eigenvalue weighted by Gasteiger charge is -2.30. The van der Waals surface area contributed by atoms with Crippen LogP contribution in [0.25, 0.3) is 0 Å². The Morgan fingerprint density at radius 3 is 2.44 bits per heavy atom. The Labute approximate surface area is 112 Å². The molecule has 0 bridgehead atoms. The lowest BCUT2D eigenvalue weighted by Crippen LogP contribution is -2.36. The molecule has 0 amide bonds. The van der Waals surface area contributed by atoms with Crippen molar-refractivity contribution in [1.29, 1.82) is 0 Å². The van der Waals surface area contributed by atoms with Gasteiger partial charge in [0, 0.05) is 19.1 Å². The molecule has 0 aliphatic heterocycles. The fourth-order valence-corrected chi connectivity index (χ4v) is 2.44. The number of hydrogen-bond donors (Lipinski definition) is 1. The van der Waals surface area contributed by atoms with Gasteiger partial charge in [-0.2, -0.15) is 0 Å². The van der Waals surface area contributed by atoms with Crippen molar-refractivity contribution in [3.63, 3.8) is 0 Å². The zero-order valence-corrected chi connectivity index (χ0v) is 12.7. The molecule has 0 aliphatic carbocycles. The normalized spacial score (nSPS) is 13.9. The molecule has 1 aromatic rings. The summed E-state index contributed by atoms with van der Waals surface area (Å²) in [5.41, 5.74) is 3.05. The van der Waals surface area contributed by atoms with Crippen molar-refractivity contribution in [3.8, 4) is 0 Å². The van der Waals surface area contributed by atoms with Crippen LogP contribution in [0.4, 0.5) is 0 Å². The molecule has 0 saturated carbocycles. The van der Waals surface area contributed by atoms with Gasteiger partial charge in [-0.15, -0.1) is 0 Å². The van der Waals surface area contributed by atoms with E-state index in [-0.39, 0.29) is 0 Å². The largest absolute Gasteiger partial charge is 0.312 e. The Morgan fingerprint density at radius 2 is 1.94 bits per heavy atom. The minimum atomic E-state index is 0.347. The Morgan fingerprint density at radius 1 is 1.28 bits per heavy atom. The molecule has 0 saturated heterocycles. The summed E-state index contributed by atoms with van der Waals surface area (Å²) >= 11 is 0. The number of nitrogens with one attached hydrogen (secondary N) is 1. The first-order chi connectivity index (χ1) is 8.31. The molecule has 18 heavy (non-hydrogen) atoms. The third kappa shape index (κ3) is 5.19. The highest BCUT2D eigenvalue weighted by atomic mass is 15.1. The number of hydrogen-bond acceptors (Lipinski definition) is 2. The summed E-state index contributed by atoms with van der Waals surface area (Å²) in [4.78, 5) is 2.41. The average molecular weight is 248 g/mol. The van der Waals surface area contributed by atoms with Crippen LogP contribution in [0.1, 0.15) is 37.9 Å². The van der Waals surface area contributed by atoms with Crippen molar-refractivity contribution in [2.45, 2.75) is 33.7 Å². The molecule has 0 heterocycles. The number of likely N-dealkylation sites (N-methyl/N-ethyl adjacent to an activating group) is 2. The van der Waals surface area contributed by atoms with Crippen LogP contribution >= 0.6 is 0 Å². The first kappa shape index (κ1) is 15.2. The van der Waals surface area contributed by atoms with Gasteiger partial charge < -0.3 is 10.2 Å². The molecular formula is C16H28N2. The fraction of sp³-hybridized carbons (Fsp3) is 0.625. The second-order valence-electron chi connectivity index (χ2n) is 6.51. The lowest BCUT2D eigenvalue weighted by molar-refractivity contribution is 0.210. The van der Waals surface area contributed by atoms with E-state index < -0.39 is 0 Å². The van der Waals surface area contributed by atoms with E-state index in [2.05, 4.69) is 69.2 Å². The van der Waals surface area contributed by atoms with Crippen LogP contribution in [0.5, 0.6) is 0 Å². The van der Waals surface area contributed by atoms with Gasteiger partial charge in [0.1, 0.15) is 0 Å². The maximum absolute atomic E-state index is 3.42. The lowest BCUT2D eigenvalue weighted by atomic mass is 9.95. The highest BCUT2D eigenvalue weighted by molar-refractivity contribution is 5.25. The summed E-state index contributed by atoms with van der Waals surface area (Å²) in [5, 5.41) is 3.42. The summed E-state index contributed by atoms with van der Waals surface area (Å²) in [6, 6.07) is 9.16. The Bertz CT molecular complexity index is 366. The monoisotopic (exact) mass is 248 g/mol. The van der Waals surface area contributed by atoms with E-state index in [0.717, 1.165) is 13.1 Å². The Hall–Kier alpha value is -0.860. The van der Waals surface area contributed by atoms with E-state index in [4.69, 9.17) is 0 Å². The maximum Gasteiger partial charge on any atom is 0.0446 e. The van der Waals surface area contributed by atoms with Gasteiger partial charge in [0.25, 0.3) is 0 Å². The van der Waals surface area contributed by atoms with Crippen molar-refractivity contribution < 1.29 is 0 Å². The van der Waals surface area contributed by atoms with Gasteiger partial charge in [0.2, 0.25) is 0 Å². The fourth-order valence-electron chi connectivity index (χ4n) is 2.44. The SMILES string of the molecule is CNC(CN(C)CC(C)(C)C)c1cccc(C)c1. The van der Waals surface area contributed by atoms with Crippen LogP contribution in [0.3, 0.4) is 0 Å². The average Bonchev–Trinajstić information content (AvgIpc) is 2.23. The minimum absolute atomic E-state index is 0.347. The van der Waals surface area contributed by atoms with Crippen LogP contribution in [0.15, 0.2) is 24.3 Å². The van der Waals surface area contributed by atoms with Crippen molar-refractivity contribution in [3.05, 3.63) is 35.4 Å². The molecule has 0 aliphatic rings. The molecule has 102 valence electrons. The zero-order chi connectivity index (χ0) is 13.8. The third-order valence-corrected chi connectivity index (χ3v) is 3.03. The molecule has 1 aromatic carbocycles. The summed E-state index contributed by atoms with van der Waals surface area (Å²) in [5.74, 6) is 0. The van der Waals surface area contributed by atoms with Gasteiger partial charge in [-0.1, -0.05) is 50.6 Å². The van der Waals surface area contributed by atoms with Gasteiger partial charge >= 0.3 is 0 Å². The highest BCUT2D eigenvalue weighted by Gasteiger charge is 2.17. The molecule has 1 unspecified atom stereocenters. The summed E-state index contributed by atoms with van der Waals surface area (Å²) in [6.07, 6.45) is 0. The molecule has 0 spiro atoms. The van der Waals surface area contributed by atoms with Crippen molar-refractivity contribution in [2.24, 2.45) is 5.41 Å². The highest BCUT2D eigenvalue weighted by Crippen LogP contribution is 2.18. The van der Waals surface area contributed by atoms with Crippen molar-refractivity contribution in [2.75, 3.05) is 27.2 Å². The third-order valence-electron chi connectivity index (χ3n) is 3.03. The van der Waals surface area contributed by atoms with Gasteiger partial charge in [0.15, 0.2) is 0 Å². The molecule has 1 rings (SSSR count). The van der Waals surface area contributed by atoms with Crippen LogP contribution in [0.2, 0.25) is 0 Å². The summed E-state index contributed by atoms with van der Waals surface area (Å²) in [7, 11) is 4.24. The van der Waals surface area contributed by atoms with E-state index in [9.17, 15) is 0 Å². The van der Waals surface area contributed by atoms with Crippen LogP contribution < -0.4 is 5.32 Å².